The lowest BCUT2D eigenvalue weighted by Gasteiger charge is -2.37. The highest BCUT2D eigenvalue weighted by molar-refractivity contribution is 7.10. The fourth-order valence-electron chi connectivity index (χ4n) is 3.35. The number of hydrogen-bond donors (Lipinski definition) is 0. The largest absolute Gasteiger partial charge is 0.479 e. The Bertz CT molecular complexity index is 955. The molecule has 1 amide bonds. The number of rotatable bonds is 4. The van der Waals surface area contributed by atoms with E-state index in [0.29, 0.717) is 22.3 Å². The zero-order chi connectivity index (χ0) is 19.0. The number of carbonyl (C=O) groups is 1. The summed E-state index contributed by atoms with van der Waals surface area (Å²) < 4.78 is 5.87. The third-order valence-electron chi connectivity index (χ3n) is 4.61. The molecule has 2 unspecified atom stereocenters. The molecule has 140 valence electrons. The lowest BCUT2D eigenvalue weighted by Crippen LogP contribution is -2.45. The van der Waals surface area contributed by atoms with E-state index in [4.69, 9.17) is 27.9 Å². The van der Waals surface area contributed by atoms with Crippen molar-refractivity contribution in [3.63, 3.8) is 0 Å². The fourth-order valence-corrected chi connectivity index (χ4v) is 5.56. The average Bonchev–Trinajstić information content (AvgIpc) is 3.33. The van der Waals surface area contributed by atoms with Crippen molar-refractivity contribution in [3.8, 4) is 5.75 Å². The highest BCUT2D eigenvalue weighted by Crippen LogP contribution is 2.40. The minimum absolute atomic E-state index is 0.0451. The molecule has 2 atom stereocenters. The van der Waals surface area contributed by atoms with Gasteiger partial charge >= 0.3 is 0 Å². The quantitative estimate of drug-likeness (QED) is 0.496. The van der Waals surface area contributed by atoms with Gasteiger partial charge in [0.1, 0.15) is 5.75 Å². The van der Waals surface area contributed by atoms with Crippen molar-refractivity contribution < 1.29 is 9.53 Å². The van der Waals surface area contributed by atoms with Crippen LogP contribution in [0, 0.1) is 0 Å². The van der Waals surface area contributed by atoms with Crippen molar-refractivity contribution in [2.45, 2.75) is 25.5 Å². The molecule has 4 rings (SSSR count). The Kier molecular flexibility index (Phi) is 5.46. The van der Waals surface area contributed by atoms with Crippen LogP contribution in [0.1, 0.15) is 28.3 Å². The van der Waals surface area contributed by atoms with E-state index in [1.165, 1.54) is 15.3 Å². The second-order valence-electron chi connectivity index (χ2n) is 6.33. The topological polar surface area (TPSA) is 29.5 Å². The smallest absolute Gasteiger partial charge is 0.264 e. The van der Waals surface area contributed by atoms with Gasteiger partial charge in [0.05, 0.1) is 11.1 Å². The zero-order valence-corrected chi connectivity index (χ0v) is 17.7. The molecular weight excluding hydrogens is 421 g/mol. The first kappa shape index (κ1) is 18.8. The van der Waals surface area contributed by atoms with Gasteiger partial charge in [-0.05, 0) is 60.0 Å². The van der Waals surface area contributed by atoms with E-state index < -0.39 is 6.10 Å². The number of benzene rings is 1. The Balaban J connectivity index is 1.60. The van der Waals surface area contributed by atoms with Crippen LogP contribution in [0.5, 0.6) is 5.75 Å². The lowest BCUT2D eigenvalue weighted by atomic mass is 9.98. The SMILES string of the molecule is CC(Oc1ccc(Cl)cc1Cl)C(=O)N1CCc2sccc2C1c1cccs1. The van der Waals surface area contributed by atoms with Gasteiger partial charge in [-0.3, -0.25) is 4.79 Å². The standard InChI is InChI=1S/C20H17Cl2NO2S2/c1-12(25-16-5-4-13(21)11-15(16)22)20(24)23-8-6-17-14(7-10-27-17)19(23)18-3-2-9-26-18/h2-5,7,9-12,19H,6,8H2,1H3. The summed E-state index contributed by atoms with van der Waals surface area (Å²) >= 11 is 15.6. The summed E-state index contributed by atoms with van der Waals surface area (Å²) in [5, 5.41) is 5.08. The van der Waals surface area contributed by atoms with Crippen LogP contribution >= 0.6 is 45.9 Å². The molecule has 0 N–H and O–H groups in total. The number of halogens is 2. The number of thiophene rings is 2. The second-order valence-corrected chi connectivity index (χ2v) is 9.16. The molecule has 1 aromatic carbocycles. The molecule has 0 saturated carbocycles. The summed E-state index contributed by atoms with van der Waals surface area (Å²) in [5.74, 6) is 0.416. The van der Waals surface area contributed by atoms with Crippen molar-refractivity contribution in [1.29, 1.82) is 0 Å². The van der Waals surface area contributed by atoms with E-state index in [9.17, 15) is 4.79 Å². The first-order chi connectivity index (χ1) is 13.0. The molecule has 3 nitrogen and oxygen atoms in total. The number of amides is 1. The van der Waals surface area contributed by atoms with E-state index >= 15 is 0 Å². The molecule has 3 aromatic rings. The summed E-state index contributed by atoms with van der Waals surface area (Å²) in [6.45, 7) is 2.44. The van der Waals surface area contributed by atoms with Crippen molar-refractivity contribution in [2.75, 3.05) is 6.54 Å². The minimum Gasteiger partial charge on any atom is -0.479 e. The van der Waals surface area contributed by atoms with Crippen LogP contribution in [-0.4, -0.2) is 23.5 Å². The first-order valence-corrected chi connectivity index (χ1v) is 11.1. The molecule has 0 aliphatic carbocycles. The van der Waals surface area contributed by atoms with Crippen molar-refractivity contribution >= 4 is 51.8 Å². The molecule has 0 saturated heterocycles. The van der Waals surface area contributed by atoms with Crippen LogP contribution in [0.15, 0.2) is 47.2 Å². The van der Waals surface area contributed by atoms with Gasteiger partial charge < -0.3 is 9.64 Å². The van der Waals surface area contributed by atoms with Gasteiger partial charge in [0.15, 0.2) is 6.10 Å². The predicted octanol–water partition coefficient (Wildman–Crippen LogP) is 6.06. The van der Waals surface area contributed by atoms with Crippen LogP contribution in [0.2, 0.25) is 10.0 Å². The van der Waals surface area contributed by atoms with Crippen LogP contribution in [-0.2, 0) is 11.2 Å². The highest BCUT2D eigenvalue weighted by atomic mass is 35.5. The molecule has 27 heavy (non-hydrogen) atoms. The number of carbonyl (C=O) groups excluding carboxylic acids is 1. The third kappa shape index (κ3) is 3.74. The van der Waals surface area contributed by atoms with E-state index in [2.05, 4.69) is 17.5 Å². The summed E-state index contributed by atoms with van der Waals surface area (Å²) in [6, 6.07) is 11.2. The monoisotopic (exact) mass is 437 g/mol. The third-order valence-corrected chi connectivity index (χ3v) is 7.06. The average molecular weight is 438 g/mol. The number of nitrogens with zero attached hydrogens (tertiary/aromatic N) is 1. The number of fused-ring (bicyclic) bond motifs is 1. The highest BCUT2D eigenvalue weighted by Gasteiger charge is 2.36. The maximum atomic E-state index is 13.3. The summed E-state index contributed by atoms with van der Waals surface area (Å²) in [4.78, 5) is 17.7. The Labute approximate surface area is 176 Å². The molecule has 1 aliphatic rings. The van der Waals surface area contributed by atoms with E-state index in [1.807, 2.05) is 16.3 Å². The van der Waals surface area contributed by atoms with Gasteiger partial charge in [0.2, 0.25) is 0 Å². The Hall–Kier alpha value is -1.53. The summed E-state index contributed by atoms with van der Waals surface area (Å²) in [6.07, 6.45) is 0.223. The van der Waals surface area contributed by atoms with E-state index in [1.54, 1.807) is 47.8 Å². The van der Waals surface area contributed by atoms with Crippen molar-refractivity contribution in [3.05, 3.63) is 72.5 Å². The Morgan fingerprint density at radius 1 is 1.22 bits per heavy atom. The second kappa shape index (κ2) is 7.84. The van der Waals surface area contributed by atoms with Gasteiger partial charge in [0, 0.05) is 21.3 Å². The van der Waals surface area contributed by atoms with Crippen molar-refractivity contribution in [1.82, 2.24) is 4.90 Å². The molecule has 0 spiro atoms. The maximum Gasteiger partial charge on any atom is 0.264 e. The molecule has 0 bridgehead atoms. The van der Waals surface area contributed by atoms with Crippen LogP contribution in [0.4, 0.5) is 0 Å². The molecule has 7 heteroatoms. The van der Waals surface area contributed by atoms with Gasteiger partial charge in [0.25, 0.3) is 5.91 Å². The first-order valence-electron chi connectivity index (χ1n) is 8.56. The minimum atomic E-state index is -0.647. The Morgan fingerprint density at radius 2 is 2.07 bits per heavy atom. The summed E-state index contributed by atoms with van der Waals surface area (Å²) in [7, 11) is 0. The molecule has 1 aliphatic heterocycles. The van der Waals surface area contributed by atoms with E-state index in [-0.39, 0.29) is 11.9 Å². The van der Waals surface area contributed by atoms with Gasteiger partial charge in [-0.1, -0.05) is 29.3 Å². The predicted molar refractivity (Wildman–Crippen MR) is 112 cm³/mol. The van der Waals surface area contributed by atoms with Gasteiger partial charge in [-0.2, -0.15) is 0 Å². The maximum absolute atomic E-state index is 13.3. The van der Waals surface area contributed by atoms with Crippen molar-refractivity contribution in [2.24, 2.45) is 0 Å². The molecule has 0 fully saturated rings. The van der Waals surface area contributed by atoms with E-state index in [0.717, 1.165) is 6.42 Å². The summed E-state index contributed by atoms with van der Waals surface area (Å²) in [5.41, 5.74) is 1.22. The van der Waals surface area contributed by atoms with Crippen LogP contribution in [0.3, 0.4) is 0 Å². The normalized spacial score (nSPS) is 17.4. The molecule has 3 heterocycles. The molecule has 2 aromatic heterocycles. The zero-order valence-electron chi connectivity index (χ0n) is 14.5. The lowest BCUT2D eigenvalue weighted by molar-refractivity contribution is -0.140. The van der Waals surface area contributed by atoms with Crippen LogP contribution < -0.4 is 4.74 Å². The number of ether oxygens (including phenoxy) is 1. The Morgan fingerprint density at radius 3 is 2.81 bits per heavy atom. The molecular formula is C20H17Cl2NO2S2. The fraction of sp³-hybridized carbons (Fsp3) is 0.250. The number of hydrogen-bond acceptors (Lipinski definition) is 4. The van der Waals surface area contributed by atoms with Crippen LogP contribution in [0.25, 0.3) is 0 Å². The molecule has 0 radical (unpaired) electrons. The van der Waals surface area contributed by atoms with Gasteiger partial charge in [-0.25, -0.2) is 0 Å². The van der Waals surface area contributed by atoms with Gasteiger partial charge in [-0.15, -0.1) is 22.7 Å².